The van der Waals surface area contributed by atoms with Crippen LogP contribution in [-0.2, 0) is 28.4 Å². The molecule has 0 unspecified atom stereocenters. The minimum atomic E-state index is -3.74. The maximum Gasteiger partial charge on any atom is 0.243 e. The molecule has 1 aromatic carbocycles. The van der Waals surface area contributed by atoms with Gasteiger partial charge in [0.25, 0.3) is 0 Å². The van der Waals surface area contributed by atoms with Gasteiger partial charge in [-0.3, -0.25) is 4.79 Å². The summed E-state index contributed by atoms with van der Waals surface area (Å²) in [6.07, 6.45) is 4.55. The van der Waals surface area contributed by atoms with Gasteiger partial charge in [-0.25, -0.2) is 8.42 Å². The third-order valence-electron chi connectivity index (χ3n) is 5.41. The second kappa shape index (κ2) is 8.49. The zero-order valence-electron chi connectivity index (χ0n) is 16.8. The Hall–Kier alpha value is -2.12. The summed E-state index contributed by atoms with van der Waals surface area (Å²) in [5, 5.41) is 0. The molecule has 28 heavy (non-hydrogen) atoms. The maximum atomic E-state index is 13.2. The Balaban J connectivity index is 1.83. The van der Waals surface area contributed by atoms with Crippen molar-refractivity contribution < 1.29 is 13.2 Å². The van der Waals surface area contributed by atoms with Crippen LogP contribution in [0.15, 0.2) is 53.6 Å². The van der Waals surface area contributed by atoms with Crippen LogP contribution in [0.4, 0.5) is 0 Å². The number of hydrogen-bond donors (Lipinski definition) is 0. The molecule has 1 aliphatic carbocycles. The lowest BCUT2D eigenvalue weighted by Crippen LogP contribution is -2.47. The van der Waals surface area contributed by atoms with Crippen molar-refractivity contribution in [2.24, 2.45) is 7.05 Å². The molecule has 1 aliphatic rings. The van der Waals surface area contributed by atoms with Gasteiger partial charge in [0.05, 0.1) is 18.0 Å². The lowest BCUT2D eigenvalue weighted by Gasteiger charge is -2.30. The SMILES string of the molecule is CC[C@@H](C)N(CC(=O)N(Cc1cccn1C)C1CC1)S(=O)(=O)c1ccccc1. The highest BCUT2D eigenvalue weighted by molar-refractivity contribution is 7.89. The molecule has 1 aromatic heterocycles. The molecule has 1 saturated carbocycles. The minimum Gasteiger partial charge on any atom is -0.353 e. The number of aryl methyl sites for hydroxylation is 1. The van der Waals surface area contributed by atoms with Gasteiger partial charge >= 0.3 is 0 Å². The Morgan fingerprint density at radius 2 is 1.86 bits per heavy atom. The van der Waals surface area contributed by atoms with Gasteiger partial charge < -0.3 is 9.47 Å². The van der Waals surface area contributed by atoms with Crippen LogP contribution in [-0.4, -0.2) is 46.7 Å². The van der Waals surface area contributed by atoms with E-state index in [2.05, 4.69) is 0 Å². The van der Waals surface area contributed by atoms with Gasteiger partial charge in [-0.15, -0.1) is 0 Å². The van der Waals surface area contributed by atoms with Crippen molar-refractivity contribution in [3.05, 3.63) is 54.4 Å². The third kappa shape index (κ3) is 4.47. The van der Waals surface area contributed by atoms with Gasteiger partial charge in [-0.1, -0.05) is 25.1 Å². The molecule has 7 heteroatoms. The van der Waals surface area contributed by atoms with Gasteiger partial charge in [0, 0.05) is 31.0 Å². The summed E-state index contributed by atoms with van der Waals surface area (Å²) in [5.41, 5.74) is 1.04. The molecule has 1 fully saturated rings. The molecule has 1 heterocycles. The van der Waals surface area contributed by atoms with Crippen molar-refractivity contribution >= 4 is 15.9 Å². The Morgan fingerprint density at radius 1 is 1.18 bits per heavy atom. The van der Waals surface area contributed by atoms with E-state index in [-0.39, 0.29) is 29.4 Å². The van der Waals surface area contributed by atoms with E-state index in [0.717, 1.165) is 18.5 Å². The topological polar surface area (TPSA) is 62.6 Å². The predicted octanol–water partition coefficient (Wildman–Crippen LogP) is 3.01. The van der Waals surface area contributed by atoms with E-state index in [4.69, 9.17) is 0 Å². The Bertz CT molecular complexity index is 904. The van der Waals surface area contributed by atoms with Crippen LogP contribution in [0.25, 0.3) is 0 Å². The van der Waals surface area contributed by atoms with Crippen LogP contribution in [0.1, 0.15) is 38.8 Å². The molecule has 0 N–H and O–H groups in total. The average molecular weight is 404 g/mol. The Labute approximate surface area is 167 Å². The first kappa shape index (κ1) is 20.6. The van der Waals surface area contributed by atoms with E-state index in [1.807, 2.05) is 48.7 Å². The number of aromatic nitrogens is 1. The first-order chi connectivity index (χ1) is 13.3. The number of carbonyl (C=O) groups is 1. The molecule has 6 nitrogen and oxygen atoms in total. The molecule has 1 atom stereocenters. The van der Waals surface area contributed by atoms with E-state index in [1.165, 1.54) is 4.31 Å². The van der Waals surface area contributed by atoms with Crippen LogP contribution in [0.5, 0.6) is 0 Å². The van der Waals surface area contributed by atoms with Crippen molar-refractivity contribution in [1.29, 1.82) is 0 Å². The van der Waals surface area contributed by atoms with Gasteiger partial charge in [-0.05, 0) is 50.5 Å². The zero-order valence-corrected chi connectivity index (χ0v) is 17.6. The van der Waals surface area contributed by atoms with Gasteiger partial charge in [0.2, 0.25) is 15.9 Å². The number of nitrogens with zero attached hydrogens (tertiary/aromatic N) is 3. The molecule has 152 valence electrons. The number of amides is 1. The fraction of sp³-hybridized carbons (Fsp3) is 0.476. The largest absolute Gasteiger partial charge is 0.353 e. The summed E-state index contributed by atoms with van der Waals surface area (Å²) in [4.78, 5) is 15.2. The molecular weight excluding hydrogens is 374 g/mol. The van der Waals surface area contributed by atoms with Crippen molar-refractivity contribution in [2.75, 3.05) is 6.54 Å². The summed E-state index contributed by atoms with van der Waals surface area (Å²) in [5.74, 6) is -0.136. The molecule has 1 amide bonds. The third-order valence-corrected chi connectivity index (χ3v) is 7.39. The summed E-state index contributed by atoms with van der Waals surface area (Å²) in [6, 6.07) is 12.3. The minimum absolute atomic E-state index is 0.132. The van der Waals surface area contributed by atoms with Crippen LogP contribution >= 0.6 is 0 Å². The highest BCUT2D eigenvalue weighted by Gasteiger charge is 2.37. The van der Waals surface area contributed by atoms with E-state index in [0.29, 0.717) is 13.0 Å². The van der Waals surface area contributed by atoms with Crippen molar-refractivity contribution in [3.63, 3.8) is 0 Å². The normalized spacial score (nSPS) is 15.6. The predicted molar refractivity (Wildman–Crippen MR) is 109 cm³/mol. The van der Waals surface area contributed by atoms with Gasteiger partial charge in [-0.2, -0.15) is 4.31 Å². The monoisotopic (exact) mass is 403 g/mol. The van der Waals surface area contributed by atoms with Crippen LogP contribution in [0, 0.1) is 0 Å². The molecule has 0 radical (unpaired) electrons. The van der Waals surface area contributed by atoms with E-state index in [1.54, 1.807) is 30.3 Å². The van der Waals surface area contributed by atoms with E-state index < -0.39 is 10.0 Å². The number of carbonyl (C=O) groups excluding carboxylic acids is 1. The summed E-state index contributed by atoms with van der Waals surface area (Å²) in [6.45, 7) is 4.16. The molecule has 0 aliphatic heterocycles. The second-order valence-electron chi connectivity index (χ2n) is 7.48. The quantitative estimate of drug-likeness (QED) is 0.647. The van der Waals surface area contributed by atoms with Crippen molar-refractivity contribution in [2.45, 2.75) is 56.6 Å². The molecule has 0 spiro atoms. The fourth-order valence-electron chi connectivity index (χ4n) is 3.28. The summed E-state index contributed by atoms with van der Waals surface area (Å²) < 4.78 is 29.7. The molecule has 0 saturated heterocycles. The molecule has 2 aromatic rings. The highest BCUT2D eigenvalue weighted by Crippen LogP contribution is 2.29. The standard InChI is InChI=1S/C21H29N3O3S/c1-4-17(2)24(28(26,27)20-10-6-5-7-11-20)16-21(25)23(18-12-13-18)15-19-9-8-14-22(19)3/h5-11,14,17-18H,4,12-13,15-16H2,1-3H3/t17-/m1/s1. The van der Waals surface area contributed by atoms with E-state index >= 15 is 0 Å². The molecular formula is C21H29N3O3S. The summed E-state index contributed by atoms with van der Waals surface area (Å²) in [7, 11) is -1.78. The van der Waals surface area contributed by atoms with Crippen molar-refractivity contribution in [3.8, 4) is 0 Å². The molecule has 0 bridgehead atoms. The zero-order chi connectivity index (χ0) is 20.3. The number of hydrogen-bond acceptors (Lipinski definition) is 3. The van der Waals surface area contributed by atoms with Crippen LogP contribution < -0.4 is 0 Å². The summed E-state index contributed by atoms with van der Waals surface area (Å²) >= 11 is 0. The first-order valence-corrected chi connectivity index (χ1v) is 11.2. The smallest absolute Gasteiger partial charge is 0.243 e. The average Bonchev–Trinajstić information content (AvgIpc) is 3.46. The number of rotatable bonds is 9. The van der Waals surface area contributed by atoms with E-state index in [9.17, 15) is 13.2 Å². The lowest BCUT2D eigenvalue weighted by molar-refractivity contribution is -0.133. The van der Waals surface area contributed by atoms with Crippen LogP contribution in [0.2, 0.25) is 0 Å². The second-order valence-corrected chi connectivity index (χ2v) is 9.37. The lowest BCUT2D eigenvalue weighted by atomic mass is 10.2. The number of sulfonamides is 1. The van der Waals surface area contributed by atoms with Gasteiger partial charge in [0.15, 0.2) is 0 Å². The first-order valence-electron chi connectivity index (χ1n) is 9.81. The van der Waals surface area contributed by atoms with Crippen LogP contribution in [0.3, 0.4) is 0 Å². The van der Waals surface area contributed by atoms with Gasteiger partial charge in [0.1, 0.15) is 0 Å². The Kier molecular flexibility index (Phi) is 6.25. The fourth-order valence-corrected chi connectivity index (χ4v) is 4.95. The highest BCUT2D eigenvalue weighted by atomic mass is 32.2. The van der Waals surface area contributed by atoms with Crippen molar-refractivity contribution in [1.82, 2.24) is 13.8 Å². The Morgan fingerprint density at radius 3 is 2.39 bits per heavy atom. The number of benzene rings is 1. The maximum absolute atomic E-state index is 13.2. The molecule has 3 rings (SSSR count).